The summed E-state index contributed by atoms with van der Waals surface area (Å²) in [7, 11) is -3.83. The van der Waals surface area contributed by atoms with E-state index in [2.05, 4.69) is 17.0 Å². The second-order valence-corrected chi connectivity index (χ2v) is 9.35. The molecule has 1 fully saturated rings. The normalized spacial score (nSPS) is 21.0. The third kappa shape index (κ3) is 6.04. The van der Waals surface area contributed by atoms with E-state index in [4.69, 9.17) is 4.74 Å². The van der Waals surface area contributed by atoms with Gasteiger partial charge in [-0.05, 0) is 62.8 Å². The molecule has 1 aromatic carbocycles. The van der Waals surface area contributed by atoms with Gasteiger partial charge in [-0.2, -0.15) is 4.72 Å². The molecule has 0 heterocycles. The van der Waals surface area contributed by atoms with Gasteiger partial charge in [-0.25, -0.2) is 8.42 Å². The van der Waals surface area contributed by atoms with Gasteiger partial charge >= 0.3 is 5.97 Å². The summed E-state index contributed by atoms with van der Waals surface area (Å²) in [5.41, 5.74) is 1.82. The maximum atomic E-state index is 12.3. The highest BCUT2D eigenvalue weighted by molar-refractivity contribution is 7.89. The first-order chi connectivity index (χ1) is 13.1. The number of hydrogen-bond acceptors (Lipinski definition) is 5. The number of aryl methyl sites for hydroxylation is 2. The zero-order chi connectivity index (χ0) is 20.9. The molecule has 1 aliphatic rings. The van der Waals surface area contributed by atoms with Gasteiger partial charge in [0.05, 0.1) is 4.90 Å². The summed E-state index contributed by atoms with van der Waals surface area (Å²) in [6, 6.07) is 4.83. The van der Waals surface area contributed by atoms with Gasteiger partial charge in [-0.1, -0.05) is 25.8 Å². The number of hydrogen-bond donors (Lipinski definition) is 2. The van der Waals surface area contributed by atoms with Crippen LogP contribution in [0.2, 0.25) is 0 Å². The average molecular weight is 411 g/mol. The highest BCUT2D eigenvalue weighted by Gasteiger charge is 2.26. The number of carbonyl (C=O) groups is 2. The van der Waals surface area contributed by atoms with E-state index < -0.39 is 28.6 Å². The minimum Gasteiger partial charge on any atom is -0.452 e. The molecule has 0 unspecified atom stereocenters. The maximum Gasteiger partial charge on any atom is 0.321 e. The molecule has 0 aromatic heterocycles. The molecule has 1 aliphatic carbocycles. The molecule has 0 aliphatic heterocycles. The molecule has 1 aromatic rings. The molecule has 3 atom stereocenters. The van der Waals surface area contributed by atoms with Crippen LogP contribution in [-0.2, 0) is 24.3 Å². The van der Waals surface area contributed by atoms with E-state index >= 15 is 0 Å². The fraction of sp³-hybridized carbons (Fsp3) is 0.600. The molecule has 28 heavy (non-hydrogen) atoms. The third-order valence-electron chi connectivity index (χ3n) is 5.31. The summed E-state index contributed by atoms with van der Waals surface area (Å²) in [6.45, 7) is 6.75. The summed E-state index contributed by atoms with van der Waals surface area (Å²) >= 11 is 0. The van der Waals surface area contributed by atoms with Crippen molar-refractivity contribution in [2.24, 2.45) is 5.92 Å². The van der Waals surface area contributed by atoms with E-state index in [1.54, 1.807) is 12.1 Å². The number of rotatable bonds is 7. The Labute approximate surface area is 167 Å². The van der Waals surface area contributed by atoms with Crippen molar-refractivity contribution in [3.8, 4) is 0 Å². The Morgan fingerprint density at radius 1 is 1.18 bits per heavy atom. The maximum absolute atomic E-state index is 12.3. The molecular formula is C20H30N2O5S. The fourth-order valence-corrected chi connectivity index (χ4v) is 4.30. The van der Waals surface area contributed by atoms with E-state index in [-0.39, 0.29) is 16.8 Å². The quantitative estimate of drug-likeness (QED) is 0.671. The van der Waals surface area contributed by atoms with Gasteiger partial charge in [0.15, 0.2) is 6.10 Å². The monoisotopic (exact) mass is 410 g/mol. The predicted octanol–water partition coefficient (Wildman–Crippen LogP) is 2.21. The predicted molar refractivity (Wildman–Crippen MR) is 106 cm³/mol. The first-order valence-corrected chi connectivity index (χ1v) is 11.1. The standard InChI is InChI=1S/C20H30N2O5S/c1-13-9-10-17(11-15(13)3)28(25,26)21-12-19(23)27-16(4)20(24)22-18-8-6-5-7-14(18)2/h9-11,14,16,18,21H,5-8,12H2,1-4H3,(H,22,24)/t14-,16-,18-/m1/s1. The summed E-state index contributed by atoms with van der Waals surface area (Å²) in [5.74, 6) is -0.763. The van der Waals surface area contributed by atoms with Crippen LogP contribution in [0.5, 0.6) is 0 Å². The molecule has 0 bridgehead atoms. The average Bonchev–Trinajstić information content (AvgIpc) is 2.64. The van der Waals surface area contributed by atoms with Crippen molar-refractivity contribution < 1.29 is 22.7 Å². The van der Waals surface area contributed by atoms with Gasteiger partial charge in [-0.3, -0.25) is 9.59 Å². The van der Waals surface area contributed by atoms with Crippen molar-refractivity contribution in [3.05, 3.63) is 29.3 Å². The first kappa shape index (κ1) is 22.4. The summed E-state index contributed by atoms with van der Waals surface area (Å²) in [5, 5.41) is 2.93. The fourth-order valence-electron chi connectivity index (χ4n) is 3.24. The van der Waals surface area contributed by atoms with E-state index in [0.717, 1.165) is 30.4 Å². The smallest absolute Gasteiger partial charge is 0.321 e. The van der Waals surface area contributed by atoms with E-state index in [9.17, 15) is 18.0 Å². The number of esters is 1. The highest BCUT2D eigenvalue weighted by atomic mass is 32.2. The Balaban J connectivity index is 1.85. The van der Waals surface area contributed by atoms with E-state index in [1.165, 1.54) is 19.4 Å². The molecule has 2 N–H and O–H groups in total. The van der Waals surface area contributed by atoms with Gasteiger partial charge in [0, 0.05) is 6.04 Å². The Bertz CT molecular complexity index is 822. The van der Waals surface area contributed by atoms with Crippen LogP contribution in [0.1, 0.15) is 50.7 Å². The van der Waals surface area contributed by atoms with Crippen LogP contribution in [-0.4, -0.2) is 39.0 Å². The van der Waals surface area contributed by atoms with Crippen molar-refractivity contribution in [1.29, 1.82) is 0 Å². The van der Waals surface area contributed by atoms with Gasteiger partial charge in [-0.15, -0.1) is 0 Å². The molecule has 1 saturated carbocycles. The van der Waals surface area contributed by atoms with Crippen molar-refractivity contribution in [2.75, 3.05) is 6.54 Å². The van der Waals surface area contributed by atoms with Crippen LogP contribution in [0.4, 0.5) is 0 Å². The number of benzene rings is 1. The molecule has 7 nitrogen and oxygen atoms in total. The van der Waals surface area contributed by atoms with Crippen LogP contribution >= 0.6 is 0 Å². The molecule has 0 spiro atoms. The van der Waals surface area contributed by atoms with Gasteiger partial charge in [0.2, 0.25) is 10.0 Å². The third-order valence-corrected chi connectivity index (χ3v) is 6.71. The highest BCUT2D eigenvalue weighted by Crippen LogP contribution is 2.23. The topological polar surface area (TPSA) is 102 Å². The molecule has 0 saturated heterocycles. The van der Waals surface area contributed by atoms with E-state index in [0.29, 0.717) is 5.92 Å². The summed E-state index contributed by atoms with van der Waals surface area (Å²) in [4.78, 5) is 24.3. The lowest BCUT2D eigenvalue weighted by atomic mass is 9.86. The zero-order valence-electron chi connectivity index (χ0n) is 16.9. The molecule has 2 rings (SSSR count). The summed E-state index contributed by atoms with van der Waals surface area (Å²) in [6.07, 6.45) is 3.25. The van der Waals surface area contributed by atoms with Crippen molar-refractivity contribution in [1.82, 2.24) is 10.0 Å². The second-order valence-electron chi connectivity index (χ2n) is 7.58. The van der Waals surface area contributed by atoms with Crippen molar-refractivity contribution >= 4 is 21.9 Å². The number of ether oxygens (including phenoxy) is 1. The molecular weight excluding hydrogens is 380 g/mol. The first-order valence-electron chi connectivity index (χ1n) is 9.67. The summed E-state index contributed by atoms with van der Waals surface area (Å²) < 4.78 is 31.9. The van der Waals surface area contributed by atoms with Crippen LogP contribution in [0, 0.1) is 19.8 Å². The van der Waals surface area contributed by atoms with Crippen LogP contribution in [0.15, 0.2) is 23.1 Å². The number of sulfonamides is 1. The van der Waals surface area contributed by atoms with Gasteiger partial charge < -0.3 is 10.1 Å². The lowest BCUT2D eigenvalue weighted by Gasteiger charge is -2.30. The minimum atomic E-state index is -3.83. The lowest BCUT2D eigenvalue weighted by Crippen LogP contribution is -2.46. The Kier molecular flexibility index (Phi) is 7.60. The molecule has 0 radical (unpaired) electrons. The van der Waals surface area contributed by atoms with Crippen LogP contribution in [0.3, 0.4) is 0 Å². The Morgan fingerprint density at radius 2 is 1.86 bits per heavy atom. The SMILES string of the molecule is Cc1ccc(S(=O)(=O)NCC(=O)O[C@H](C)C(=O)N[C@@H]2CCCC[C@H]2C)cc1C. The number of amides is 1. The number of carbonyl (C=O) groups excluding carboxylic acids is 2. The Hall–Kier alpha value is -1.93. The largest absolute Gasteiger partial charge is 0.452 e. The minimum absolute atomic E-state index is 0.0838. The van der Waals surface area contributed by atoms with Crippen molar-refractivity contribution in [2.45, 2.75) is 70.4 Å². The van der Waals surface area contributed by atoms with Crippen molar-refractivity contribution in [3.63, 3.8) is 0 Å². The lowest BCUT2D eigenvalue weighted by molar-refractivity contribution is -0.154. The molecule has 8 heteroatoms. The van der Waals surface area contributed by atoms with Crippen LogP contribution < -0.4 is 10.0 Å². The second kappa shape index (κ2) is 9.52. The van der Waals surface area contributed by atoms with Crippen LogP contribution in [0.25, 0.3) is 0 Å². The van der Waals surface area contributed by atoms with E-state index in [1.807, 2.05) is 13.8 Å². The number of nitrogens with one attached hydrogen (secondary N) is 2. The molecule has 1 amide bonds. The van der Waals surface area contributed by atoms with Gasteiger partial charge in [0.25, 0.3) is 5.91 Å². The zero-order valence-corrected chi connectivity index (χ0v) is 17.8. The van der Waals surface area contributed by atoms with Gasteiger partial charge in [0.1, 0.15) is 6.54 Å². The Morgan fingerprint density at radius 3 is 2.50 bits per heavy atom. The molecule has 156 valence electrons.